The Morgan fingerprint density at radius 1 is 1.32 bits per heavy atom. The van der Waals surface area contributed by atoms with Gasteiger partial charge in [-0.15, -0.1) is 0 Å². The molecule has 1 heterocycles. The second-order valence-electron chi connectivity index (χ2n) is 4.49. The number of anilines is 1. The highest BCUT2D eigenvalue weighted by atomic mass is 79.9. The van der Waals surface area contributed by atoms with E-state index in [1.807, 2.05) is 13.0 Å². The van der Waals surface area contributed by atoms with Crippen molar-refractivity contribution in [3.05, 3.63) is 58.1 Å². The normalized spacial score (nSPS) is 12.2. The number of nitrogens with one attached hydrogen (secondary N) is 1. The van der Waals surface area contributed by atoms with Crippen molar-refractivity contribution in [2.24, 2.45) is 0 Å². The van der Waals surface area contributed by atoms with Crippen molar-refractivity contribution in [3.8, 4) is 0 Å². The maximum Gasteiger partial charge on any atom is 0.141 e. The molecule has 0 aliphatic carbocycles. The van der Waals surface area contributed by atoms with Gasteiger partial charge in [0.15, 0.2) is 0 Å². The van der Waals surface area contributed by atoms with Crippen LogP contribution in [-0.4, -0.2) is 4.98 Å². The van der Waals surface area contributed by atoms with Crippen LogP contribution in [0.1, 0.15) is 30.6 Å². The van der Waals surface area contributed by atoms with Crippen molar-refractivity contribution in [2.45, 2.75) is 26.3 Å². The highest BCUT2D eigenvalue weighted by Gasteiger charge is 2.12. The van der Waals surface area contributed by atoms with E-state index in [1.54, 1.807) is 6.07 Å². The fourth-order valence-electron chi connectivity index (χ4n) is 1.90. The van der Waals surface area contributed by atoms with Crippen LogP contribution in [-0.2, 0) is 0 Å². The minimum absolute atomic E-state index is 0.0691. The van der Waals surface area contributed by atoms with Gasteiger partial charge in [0.1, 0.15) is 5.82 Å². The van der Waals surface area contributed by atoms with Gasteiger partial charge in [-0.3, -0.25) is 4.98 Å². The van der Waals surface area contributed by atoms with Crippen LogP contribution >= 0.6 is 15.9 Å². The Balaban J connectivity index is 2.21. The Kier molecular flexibility index (Phi) is 4.53. The third-order valence-corrected chi connectivity index (χ3v) is 3.63. The number of pyridine rings is 1. The molecule has 0 aliphatic heterocycles. The first-order valence-corrected chi connectivity index (χ1v) is 7.03. The maximum absolute atomic E-state index is 12.9. The van der Waals surface area contributed by atoms with Gasteiger partial charge < -0.3 is 5.32 Å². The van der Waals surface area contributed by atoms with Gasteiger partial charge in [-0.05, 0) is 59.1 Å². The van der Waals surface area contributed by atoms with E-state index in [0.717, 1.165) is 22.3 Å². The number of hydrogen-bond acceptors (Lipinski definition) is 2. The summed E-state index contributed by atoms with van der Waals surface area (Å²) in [6.45, 7) is 4.12. The van der Waals surface area contributed by atoms with E-state index in [9.17, 15) is 4.39 Å². The molecule has 1 aromatic carbocycles. The number of rotatable bonds is 4. The number of halogens is 2. The standard InChI is InChI=1S/C15H16BrFN2/c1-3-13(15-7-5-11(17)9-18-15)19-14-6-4-10(2)8-12(14)16/h4-9,13,19H,3H2,1-2H3. The largest absolute Gasteiger partial charge is 0.376 e. The van der Waals surface area contributed by atoms with E-state index in [2.05, 4.69) is 45.3 Å². The molecule has 0 aliphatic rings. The molecular formula is C15H16BrFN2. The van der Waals surface area contributed by atoms with E-state index in [4.69, 9.17) is 0 Å². The zero-order chi connectivity index (χ0) is 13.8. The van der Waals surface area contributed by atoms with Crippen LogP contribution in [0.4, 0.5) is 10.1 Å². The molecule has 0 saturated heterocycles. The van der Waals surface area contributed by atoms with E-state index >= 15 is 0 Å². The van der Waals surface area contributed by atoms with Crippen molar-refractivity contribution < 1.29 is 4.39 Å². The molecule has 0 saturated carbocycles. The topological polar surface area (TPSA) is 24.9 Å². The van der Waals surface area contributed by atoms with Gasteiger partial charge in [-0.1, -0.05) is 13.0 Å². The lowest BCUT2D eigenvalue weighted by Crippen LogP contribution is -2.11. The van der Waals surface area contributed by atoms with Gasteiger partial charge in [0.2, 0.25) is 0 Å². The summed E-state index contributed by atoms with van der Waals surface area (Å²) in [4.78, 5) is 4.14. The molecule has 0 spiro atoms. The SMILES string of the molecule is CCC(Nc1ccc(C)cc1Br)c1ccc(F)cn1. The predicted octanol–water partition coefficient (Wildman–Crippen LogP) is 4.85. The average Bonchev–Trinajstić information content (AvgIpc) is 2.39. The van der Waals surface area contributed by atoms with Crippen molar-refractivity contribution in [3.63, 3.8) is 0 Å². The van der Waals surface area contributed by atoms with Gasteiger partial charge in [0, 0.05) is 10.2 Å². The van der Waals surface area contributed by atoms with Crippen LogP contribution in [0.15, 0.2) is 41.0 Å². The monoisotopic (exact) mass is 322 g/mol. The number of hydrogen-bond donors (Lipinski definition) is 1. The third kappa shape index (κ3) is 3.53. The summed E-state index contributed by atoms with van der Waals surface area (Å²) in [5.74, 6) is -0.310. The third-order valence-electron chi connectivity index (χ3n) is 2.97. The summed E-state index contributed by atoms with van der Waals surface area (Å²) in [5, 5.41) is 3.43. The Labute approximate surface area is 121 Å². The second kappa shape index (κ2) is 6.15. The molecule has 1 N–H and O–H groups in total. The van der Waals surface area contributed by atoms with E-state index in [1.165, 1.54) is 17.8 Å². The van der Waals surface area contributed by atoms with Crippen LogP contribution in [0, 0.1) is 12.7 Å². The van der Waals surface area contributed by atoms with Crippen molar-refractivity contribution in [1.29, 1.82) is 0 Å². The van der Waals surface area contributed by atoms with Crippen LogP contribution in [0.5, 0.6) is 0 Å². The molecule has 1 atom stereocenters. The molecule has 19 heavy (non-hydrogen) atoms. The average molecular weight is 323 g/mol. The predicted molar refractivity (Wildman–Crippen MR) is 79.7 cm³/mol. The van der Waals surface area contributed by atoms with E-state index in [0.29, 0.717) is 0 Å². The lowest BCUT2D eigenvalue weighted by atomic mass is 10.1. The van der Waals surface area contributed by atoms with Crippen molar-refractivity contribution in [1.82, 2.24) is 4.98 Å². The molecule has 1 aromatic heterocycles. The molecule has 1 unspecified atom stereocenters. The van der Waals surface area contributed by atoms with E-state index < -0.39 is 0 Å². The zero-order valence-corrected chi connectivity index (χ0v) is 12.5. The number of nitrogens with zero attached hydrogens (tertiary/aromatic N) is 1. The molecule has 4 heteroatoms. The van der Waals surface area contributed by atoms with E-state index in [-0.39, 0.29) is 11.9 Å². The molecule has 100 valence electrons. The fraction of sp³-hybridized carbons (Fsp3) is 0.267. The second-order valence-corrected chi connectivity index (χ2v) is 5.34. The number of aryl methyl sites for hydroxylation is 1. The number of benzene rings is 1. The summed E-state index contributed by atoms with van der Waals surface area (Å²) >= 11 is 3.55. The lowest BCUT2D eigenvalue weighted by Gasteiger charge is -2.19. The molecule has 0 amide bonds. The zero-order valence-electron chi connectivity index (χ0n) is 11.0. The van der Waals surface area contributed by atoms with Gasteiger partial charge in [-0.2, -0.15) is 0 Å². The highest BCUT2D eigenvalue weighted by molar-refractivity contribution is 9.10. The van der Waals surface area contributed by atoms with Gasteiger partial charge in [0.25, 0.3) is 0 Å². The fourth-order valence-corrected chi connectivity index (χ4v) is 2.51. The molecule has 0 radical (unpaired) electrons. The molecular weight excluding hydrogens is 307 g/mol. The van der Waals surface area contributed by atoms with Crippen molar-refractivity contribution >= 4 is 21.6 Å². The summed E-state index contributed by atoms with van der Waals surface area (Å²) < 4.78 is 13.9. The minimum atomic E-state index is -0.310. The van der Waals surface area contributed by atoms with Crippen molar-refractivity contribution in [2.75, 3.05) is 5.32 Å². The summed E-state index contributed by atoms with van der Waals surface area (Å²) in [7, 11) is 0. The maximum atomic E-state index is 12.9. The lowest BCUT2D eigenvalue weighted by molar-refractivity contribution is 0.614. The highest BCUT2D eigenvalue weighted by Crippen LogP contribution is 2.28. The Bertz CT molecular complexity index is 555. The van der Waals surface area contributed by atoms with Crippen LogP contribution in [0.2, 0.25) is 0 Å². The molecule has 0 fully saturated rings. The molecule has 0 bridgehead atoms. The summed E-state index contributed by atoms with van der Waals surface area (Å²) in [6.07, 6.45) is 2.13. The Hall–Kier alpha value is -1.42. The molecule has 2 nitrogen and oxygen atoms in total. The van der Waals surface area contributed by atoms with Gasteiger partial charge in [-0.25, -0.2) is 4.39 Å². The first-order chi connectivity index (χ1) is 9.10. The Morgan fingerprint density at radius 3 is 2.68 bits per heavy atom. The van der Waals surface area contributed by atoms with Gasteiger partial charge >= 0.3 is 0 Å². The summed E-state index contributed by atoms with van der Waals surface area (Å²) in [6, 6.07) is 9.38. The molecule has 2 rings (SSSR count). The quantitative estimate of drug-likeness (QED) is 0.869. The van der Waals surface area contributed by atoms with Crippen LogP contribution < -0.4 is 5.32 Å². The smallest absolute Gasteiger partial charge is 0.141 e. The van der Waals surface area contributed by atoms with Crippen LogP contribution in [0.25, 0.3) is 0 Å². The molecule has 2 aromatic rings. The summed E-state index contributed by atoms with van der Waals surface area (Å²) in [5.41, 5.74) is 3.06. The van der Waals surface area contributed by atoms with Crippen LogP contribution in [0.3, 0.4) is 0 Å². The first-order valence-electron chi connectivity index (χ1n) is 6.24. The van der Waals surface area contributed by atoms with Gasteiger partial charge in [0.05, 0.1) is 17.9 Å². The Morgan fingerprint density at radius 2 is 2.11 bits per heavy atom. The minimum Gasteiger partial charge on any atom is -0.376 e. The number of aromatic nitrogens is 1. The first kappa shape index (κ1) is 14.0.